The second-order valence-electron chi connectivity index (χ2n) is 4.19. The first-order chi connectivity index (χ1) is 8.45. The zero-order valence-corrected chi connectivity index (χ0v) is 10.6. The van der Waals surface area contributed by atoms with Gasteiger partial charge in [0.05, 0.1) is 18.8 Å². The summed E-state index contributed by atoms with van der Waals surface area (Å²) in [7, 11) is 0. The van der Waals surface area contributed by atoms with Crippen LogP contribution in [-0.2, 0) is 15.1 Å². The minimum atomic E-state index is -1.17. The van der Waals surface area contributed by atoms with Crippen LogP contribution in [0.5, 0.6) is 0 Å². The van der Waals surface area contributed by atoms with Crippen molar-refractivity contribution < 1.29 is 19.0 Å². The van der Waals surface area contributed by atoms with Crippen molar-refractivity contribution in [3.63, 3.8) is 0 Å². The molecule has 0 unspecified atom stereocenters. The molecule has 4 nitrogen and oxygen atoms in total. The third kappa shape index (κ3) is 4.43. The van der Waals surface area contributed by atoms with Gasteiger partial charge in [-0.25, -0.2) is 4.39 Å². The number of carbonyl (C=O) groups excluding carboxylic acids is 1. The molecule has 0 amide bonds. The predicted octanol–water partition coefficient (Wildman–Crippen LogP) is 1.19. The molecule has 0 saturated heterocycles. The quantitative estimate of drug-likeness (QED) is 0.750. The molecule has 1 atom stereocenters. The summed E-state index contributed by atoms with van der Waals surface area (Å²) in [5.74, 6) is -0.721. The molecule has 100 valence electrons. The minimum Gasteiger partial charge on any atom is -0.465 e. The molecule has 1 aromatic carbocycles. The number of esters is 1. The number of carbonyl (C=O) groups is 1. The molecule has 0 aliphatic heterocycles. The monoisotopic (exact) mass is 255 g/mol. The minimum absolute atomic E-state index is 0.0329. The third-order valence-corrected chi connectivity index (χ3v) is 2.51. The zero-order valence-electron chi connectivity index (χ0n) is 10.6. The van der Waals surface area contributed by atoms with Crippen molar-refractivity contribution in [2.24, 2.45) is 0 Å². The first-order valence-electron chi connectivity index (χ1n) is 5.80. The summed E-state index contributed by atoms with van der Waals surface area (Å²) in [4.78, 5) is 11.1. The maximum absolute atomic E-state index is 12.8. The lowest BCUT2D eigenvalue weighted by Crippen LogP contribution is -2.38. The molecule has 1 aromatic rings. The van der Waals surface area contributed by atoms with Crippen LogP contribution in [0.15, 0.2) is 24.3 Å². The summed E-state index contributed by atoms with van der Waals surface area (Å²) in [6.45, 7) is 3.86. The van der Waals surface area contributed by atoms with Gasteiger partial charge in [0.2, 0.25) is 0 Å². The van der Waals surface area contributed by atoms with Gasteiger partial charge in [-0.1, -0.05) is 12.1 Å². The Labute approximate surface area is 106 Å². The van der Waals surface area contributed by atoms with Gasteiger partial charge in [0, 0.05) is 6.54 Å². The summed E-state index contributed by atoms with van der Waals surface area (Å²) < 4.78 is 17.5. The van der Waals surface area contributed by atoms with E-state index in [1.807, 2.05) is 0 Å². The van der Waals surface area contributed by atoms with Crippen LogP contribution in [-0.4, -0.2) is 30.8 Å². The highest BCUT2D eigenvalue weighted by Gasteiger charge is 2.22. The molecule has 5 heteroatoms. The number of rotatable bonds is 6. The highest BCUT2D eigenvalue weighted by atomic mass is 19.1. The van der Waals surface area contributed by atoms with Crippen molar-refractivity contribution in [3.05, 3.63) is 35.6 Å². The molecule has 0 heterocycles. The van der Waals surface area contributed by atoms with Crippen LogP contribution in [0.3, 0.4) is 0 Å². The van der Waals surface area contributed by atoms with Gasteiger partial charge in [-0.2, -0.15) is 0 Å². The first kappa shape index (κ1) is 14.6. The van der Waals surface area contributed by atoms with Gasteiger partial charge in [-0.3, -0.25) is 4.79 Å². The maximum atomic E-state index is 12.8. The van der Waals surface area contributed by atoms with Crippen LogP contribution in [0.1, 0.15) is 19.4 Å². The standard InChI is InChI=1S/C13H18FNO3/c1-3-18-12(16)8-15-9-13(2,17)10-4-6-11(14)7-5-10/h4-7,15,17H,3,8-9H2,1-2H3/t13-/m0/s1. The molecular formula is C13H18FNO3. The molecule has 2 N–H and O–H groups in total. The first-order valence-corrected chi connectivity index (χ1v) is 5.80. The Morgan fingerprint density at radius 2 is 2.06 bits per heavy atom. The Morgan fingerprint density at radius 3 is 2.61 bits per heavy atom. The van der Waals surface area contributed by atoms with E-state index in [4.69, 9.17) is 4.74 Å². The number of aliphatic hydroxyl groups is 1. The summed E-state index contributed by atoms with van der Waals surface area (Å²) in [6, 6.07) is 5.60. The van der Waals surface area contributed by atoms with Crippen molar-refractivity contribution in [1.29, 1.82) is 0 Å². The van der Waals surface area contributed by atoms with E-state index in [0.717, 1.165) is 0 Å². The molecule has 0 aliphatic carbocycles. The topological polar surface area (TPSA) is 58.6 Å². The second-order valence-corrected chi connectivity index (χ2v) is 4.19. The molecule has 0 saturated carbocycles. The van der Waals surface area contributed by atoms with Crippen LogP contribution in [0.2, 0.25) is 0 Å². The lowest BCUT2D eigenvalue weighted by atomic mass is 9.96. The van der Waals surface area contributed by atoms with Gasteiger partial charge in [-0.15, -0.1) is 0 Å². The zero-order chi connectivity index (χ0) is 13.6. The Bertz CT molecular complexity index is 390. The Hall–Kier alpha value is -1.46. The highest BCUT2D eigenvalue weighted by molar-refractivity contribution is 5.71. The van der Waals surface area contributed by atoms with Crippen LogP contribution in [0.25, 0.3) is 0 Å². The molecule has 0 spiro atoms. The maximum Gasteiger partial charge on any atom is 0.319 e. The molecular weight excluding hydrogens is 237 g/mol. The van der Waals surface area contributed by atoms with Gasteiger partial charge in [0.1, 0.15) is 5.82 Å². The molecule has 0 aliphatic rings. The van der Waals surface area contributed by atoms with Crippen molar-refractivity contribution in [1.82, 2.24) is 5.32 Å². The lowest BCUT2D eigenvalue weighted by molar-refractivity contribution is -0.142. The van der Waals surface area contributed by atoms with E-state index in [1.165, 1.54) is 24.3 Å². The lowest BCUT2D eigenvalue weighted by Gasteiger charge is -2.24. The van der Waals surface area contributed by atoms with Crippen LogP contribution >= 0.6 is 0 Å². The van der Waals surface area contributed by atoms with E-state index < -0.39 is 5.60 Å². The number of ether oxygens (including phenoxy) is 1. The van der Waals surface area contributed by atoms with Crippen LogP contribution in [0.4, 0.5) is 4.39 Å². The van der Waals surface area contributed by atoms with E-state index in [1.54, 1.807) is 13.8 Å². The van der Waals surface area contributed by atoms with Crippen molar-refractivity contribution >= 4 is 5.97 Å². The average molecular weight is 255 g/mol. The largest absolute Gasteiger partial charge is 0.465 e. The Balaban J connectivity index is 2.49. The number of benzene rings is 1. The molecule has 18 heavy (non-hydrogen) atoms. The number of hydrogen-bond donors (Lipinski definition) is 2. The van der Waals surface area contributed by atoms with Crippen LogP contribution < -0.4 is 5.32 Å². The number of hydrogen-bond acceptors (Lipinski definition) is 4. The van der Waals surface area contributed by atoms with Crippen molar-refractivity contribution in [3.8, 4) is 0 Å². The summed E-state index contributed by atoms with van der Waals surface area (Å²) in [6.07, 6.45) is 0. The fraction of sp³-hybridized carbons (Fsp3) is 0.462. The molecule has 0 bridgehead atoms. The number of nitrogens with one attached hydrogen (secondary N) is 1. The van der Waals surface area contributed by atoms with Crippen molar-refractivity contribution in [2.45, 2.75) is 19.4 Å². The van der Waals surface area contributed by atoms with Gasteiger partial charge in [0.15, 0.2) is 0 Å². The fourth-order valence-electron chi connectivity index (χ4n) is 1.53. The summed E-state index contributed by atoms with van der Waals surface area (Å²) in [5.41, 5.74) is -0.583. The van der Waals surface area contributed by atoms with E-state index in [9.17, 15) is 14.3 Å². The Kier molecular flexibility index (Phi) is 5.25. The summed E-state index contributed by atoms with van der Waals surface area (Å²) in [5, 5.41) is 13.0. The molecule has 0 radical (unpaired) electrons. The molecule has 1 rings (SSSR count). The van der Waals surface area contributed by atoms with E-state index >= 15 is 0 Å². The van der Waals surface area contributed by atoms with Gasteiger partial charge >= 0.3 is 5.97 Å². The predicted molar refractivity (Wildman–Crippen MR) is 65.5 cm³/mol. The van der Waals surface area contributed by atoms with Gasteiger partial charge in [0.25, 0.3) is 0 Å². The normalized spacial score (nSPS) is 14.0. The summed E-state index contributed by atoms with van der Waals surface area (Å²) >= 11 is 0. The third-order valence-electron chi connectivity index (χ3n) is 2.51. The fourth-order valence-corrected chi connectivity index (χ4v) is 1.53. The van der Waals surface area contributed by atoms with E-state index in [-0.39, 0.29) is 24.9 Å². The second kappa shape index (κ2) is 6.47. The smallest absolute Gasteiger partial charge is 0.319 e. The van der Waals surface area contributed by atoms with Crippen LogP contribution in [0, 0.1) is 5.82 Å². The molecule has 0 fully saturated rings. The Morgan fingerprint density at radius 1 is 1.44 bits per heavy atom. The average Bonchev–Trinajstić information content (AvgIpc) is 2.29. The van der Waals surface area contributed by atoms with Gasteiger partial charge < -0.3 is 15.2 Å². The van der Waals surface area contributed by atoms with E-state index in [2.05, 4.69) is 5.32 Å². The van der Waals surface area contributed by atoms with E-state index in [0.29, 0.717) is 12.2 Å². The SMILES string of the molecule is CCOC(=O)CNC[C@](C)(O)c1ccc(F)cc1. The highest BCUT2D eigenvalue weighted by Crippen LogP contribution is 2.19. The number of halogens is 1. The van der Waals surface area contributed by atoms with Crippen molar-refractivity contribution in [2.75, 3.05) is 19.7 Å². The van der Waals surface area contributed by atoms with Gasteiger partial charge in [-0.05, 0) is 31.5 Å². The molecule has 0 aromatic heterocycles.